The Hall–Kier alpha value is -2.59. The molecule has 0 unspecified atom stereocenters. The number of amides is 2. The van der Waals surface area contributed by atoms with Crippen LogP contribution in [0.2, 0.25) is 10.0 Å². The highest BCUT2D eigenvalue weighted by Gasteiger charge is 2.33. The Kier molecular flexibility index (Phi) is 11.2. The largest absolute Gasteiger partial charge is 0.354 e. The second-order valence-electron chi connectivity index (χ2n) is 8.99. The van der Waals surface area contributed by atoms with Crippen LogP contribution < -0.4 is 9.62 Å². The van der Waals surface area contributed by atoms with Crippen LogP contribution in [-0.2, 0) is 32.6 Å². The van der Waals surface area contributed by atoms with Crippen molar-refractivity contribution in [2.75, 3.05) is 23.7 Å². The summed E-state index contributed by atoms with van der Waals surface area (Å²) in [5.74, 6) is -0.879. The predicted octanol–water partition coefficient (Wildman–Crippen LogP) is 5.69. The van der Waals surface area contributed by atoms with Crippen molar-refractivity contribution in [2.24, 2.45) is 0 Å². The van der Waals surface area contributed by atoms with Gasteiger partial charge in [0.25, 0.3) is 0 Å². The average molecular weight is 655 g/mol. The lowest BCUT2D eigenvalue weighted by Gasteiger charge is -2.33. The quantitative estimate of drug-likeness (QED) is 0.272. The number of rotatable bonds is 12. The zero-order valence-corrected chi connectivity index (χ0v) is 25.5. The molecule has 1 atom stereocenters. The number of hydrogen-bond acceptors (Lipinski definition) is 4. The molecular formula is C28H30BrCl2N3O4S. The van der Waals surface area contributed by atoms with Crippen LogP contribution in [0.15, 0.2) is 77.3 Å². The molecule has 1 N–H and O–H groups in total. The number of sulfonamides is 1. The maximum atomic E-state index is 14.0. The van der Waals surface area contributed by atoms with Crippen LogP contribution in [0.1, 0.15) is 24.5 Å². The Balaban J connectivity index is 2.07. The molecule has 3 aromatic carbocycles. The number of nitrogens with zero attached hydrogens (tertiary/aromatic N) is 2. The number of nitrogens with one attached hydrogen (secondary N) is 1. The van der Waals surface area contributed by atoms with Gasteiger partial charge in [-0.2, -0.15) is 0 Å². The van der Waals surface area contributed by atoms with E-state index in [1.165, 1.54) is 4.90 Å². The van der Waals surface area contributed by atoms with Gasteiger partial charge < -0.3 is 10.2 Å². The highest BCUT2D eigenvalue weighted by atomic mass is 79.9. The van der Waals surface area contributed by atoms with Crippen molar-refractivity contribution < 1.29 is 18.0 Å². The fourth-order valence-corrected chi connectivity index (χ4v) is 5.80. The van der Waals surface area contributed by atoms with Gasteiger partial charge in [0.05, 0.1) is 22.0 Å². The van der Waals surface area contributed by atoms with Crippen LogP contribution >= 0.6 is 39.1 Å². The van der Waals surface area contributed by atoms with Crippen LogP contribution in [0.5, 0.6) is 0 Å². The number of carbonyl (C=O) groups excluding carboxylic acids is 2. The van der Waals surface area contributed by atoms with Gasteiger partial charge in [-0.3, -0.25) is 13.9 Å². The third-order valence-corrected chi connectivity index (χ3v) is 8.49. The molecule has 0 saturated carbocycles. The van der Waals surface area contributed by atoms with Gasteiger partial charge in [-0.15, -0.1) is 0 Å². The summed E-state index contributed by atoms with van der Waals surface area (Å²) >= 11 is 15.7. The molecule has 0 saturated heterocycles. The molecule has 11 heteroatoms. The van der Waals surface area contributed by atoms with Crippen molar-refractivity contribution in [3.8, 4) is 0 Å². The predicted molar refractivity (Wildman–Crippen MR) is 161 cm³/mol. The van der Waals surface area contributed by atoms with Crippen LogP contribution in [0.25, 0.3) is 0 Å². The van der Waals surface area contributed by atoms with Gasteiger partial charge in [0.1, 0.15) is 12.6 Å². The number of hydrogen-bond donors (Lipinski definition) is 1. The monoisotopic (exact) mass is 653 g/mol. The lowest BCUT2D eigenvalue weighted by Crippen LogP contribution is -2.53. The minimum absolute atomic E-state index is 0.0142. The van der Waals surface area contributed by atoms with E-state index in [2.05, 4.69) is 21.2 Å². The summed E-state index contributed by atoms with van der Waals surface area (Å²) in [7, 11) is -3.86. The fourth-order valence-electron chi connectivity index (χ4n) is 4.00. The Morgan fingerprint density at radius 2 is 1.62 bits per heavy atom. The van der Waals surface area contributed by atoms with Gasteiger partial charge in [0.2, 0.25) is 21.8 Å². The third-order valence-electron chi connectivity index (χ3n) is 5.96. The summed E-state index contributed by atoms with van der Waals surface area (Å²) < 4.78 is 27.2. The Morgan fingerprint density at radius 3 is 2.23 bits per heavy atom. The summed E-state index contributed by atoms with van der Waals surface area (Å²) in [5, 5.41) is 3.57. The molecule has 2 amide bonds. The molecule has 0 radical (unpaired) electrons. The topological polar surface area (TPSA) is 86.8 Å². The highest BCUT2D eigenvalue weighted by Crippen LogP contribution is 2.29. The lowest BCUT2D eigenvalue weighted by molar-refractivity contribution is -0.140. The first-order valence-electron chi connectivity index (χ1n) is 12.3. The molecule has 3 rings (SSSR count). The Labute approximate surface area is 248 Å². The van der Waals surface area contributed by atoms with E-state index in [0.717, 1.165) is 16.1 Å². The van der Waals surface area contributed by atoms with Crippen molar-refractivity contribution >= 4 is 66.7 Å². The van der Waals surface area contributed by atoms with E-state index >= 15 is 0 Å². The SMILES string of the molecule is CCCNC(=O)[C@@H](Cc1ccccc1)N(Cc1ccc(Cl)c(Cl)c1)C(=O)CN(c1ccccc1Br)S(C)(=O)=O. The first-order valence-corrected chi connectivity index (χ1v) is 15.7. The molecule has 0 fully saturated rings. The Morgan fingerprint density at radius 1 is 0.949 bits per heavy atom. The minimum Gasteiger partial charge on any atom is -0.354 e. The second kappa shape index (κ2) is 14.2. The number of halogens is 3. The van der Waals surface area contributed by atoms with E-state index in [1.807, 2.05) is 37.3 Å². The zero-order chi connectivity index (χ0) is 28.6. The van der Waals surface area contributed by atoms with E-state index in [4.69, 9.17) is 23.2 Å². The smallest absolute Gasteiger partial charge is 0.244 e. The summed E-state index contributed by atoms with van der Waals surface area (Å²) in [5.41, 5.74) is 1.82. The molecule has 0 aliphatic carbocycles. The average Bonchev–Trinajstić information content (AvgIpc) is 2.90. The summed E-state index contributed by atoms with van der Waals surface area (Å²) in [6.07, 6.45) is 1.99. The normalized spacial score (nSPS) is 12.0. The molecular weight excluding hydrogens is 625 g/mol. The molecule has 0 aliphatic heterocycles. The highest BCUT2D eigenvalue weighted by molar-refractivity contribution is 9.10. The van der Waals surface area contributed by atoms with Crippen LogP contribution in [0.3, 0.4) is 0 Å². The maximum absolute atomic E-state index is 14.0. The standard InChI is InChI=1S/C28H30BrCl2N3O4S/c1-3-15-32-28(36)26(17-20-9-5-4-6-10-20)33(18-21-13-14-23(30)24(31)16-21)27(35)19-34(39(2,37)38)25-12-8-7-11-22(25)29/h4-14,16,26H,3,15,17-19H2,1-2H3,(H,32,36)/t26-/m1/s1. The second-order valence-corrected chi connectivity index (χ2v) is 12.6. The molecule has 0 aliphatic rings. The van der Waals surface area contributed by atoms with Crippen LogP contribution in [0.4, 0.5) is 5.69 Å². The first kappa shape index (κ1) is 30.9. The van der Waals surface area contributed by atoms with E-state index < -0.39 is 28.5 Å². The van der Waals surface area contributed by atoms with Crippen molar-refractivity contribution in [3.05, 3.63) is 98.4 Å². The lowest BCUT2D eigenvalue weighted by atomic mass is 10.0. The van der Waals surface area contributed by atoms with E-state index in [-0.39, 0.29) is 18.9 Å². The van der Waals surface area contributed by atoms with Gasteiger partial charge in [0.15, 0.2) is 0 Å². The molecule has 0 spiro atoms. The van der Waals surface area contributed by atoms with Crippen molar-refractivity contribution in [1.82, 2.24) is 10.2 Å². The van der Waals surface area contributed by atoms with Crippen molar-refractivity contribution in [3.63, 3.8) is 0 Å². The Bertz CT molecular complexity index is 1410. The van der Waals surface area contributed by atoms with E-state index in [0.29, 0.717) is 38.7 Å². The van der Waals surface area contributed by atoms with Gasteiger partial charge in [-0.1, -0.05) is 78.7 Å². The fraction of sp³-hybridized carbons (Fsp3) is 0.286. The number of para-hydroxylation sites is 1. The van der Waals surface area contributed by atoms with Gasteiger partial charge in [0, 0.05) is 24.0 Å². The molecule has 0 aromatic heterocycles. The third kappa shape index (κ3) is 8.70. The summed E-state index contributed by atoms with van der Waals surface area (Å²) in [4.78, 5) is 28.9. The van der Waals surface area contributed by atoms with Crippen LogP contribution in [0, 0.1) is 0 Å². The van der Waals surface area contributed by atoms with Crippen molar-refractivity contribution in [1.29, 1.82) is 0 Å². The first-order chi connectivity index (χ1) is 18.5. The minimum atomic E-state index is -3.86. The number of benzene rings is 3. The number of anilines is 1. The van der Waals surface area contributed by atoms with Gasteiger partial charge in [-0.05, 0) is 57.7 Å². The molecule has 39 heavy (non-hydrogen) atoms. The van der Waals surface area contributed by atoms with Crippen LogP contribution in [-0.4, -0.2) is 50.5 Å². The van der Waals surface area contributed by atoms with E-state index in [1.54, 1.807) is 42.5 Å². The molecule has 3 aromatic rings. The molecule has 0 bridgehead atoms. The molecule has 7 nitrogen and oxygen atoms in total. The van der Waals surface area contributed by atoms with E-state index in [9.17, 15) is 18.0 Å². The zero-order valence-electron chi connectivity index (χ0n) is 21.6. The summed E-state index contributed by atoms with van der Waals surface area (Å²) in [6, 6.07) is 20.2. The number of carbonyl (C=O) groups is 2. The molecule has 0 heterocycles. The summed E-state index contributed by atoms with van der Waals surface area (Å²) in [6.45, 7) is 1.88. The van der Waals surface area contributed by atoms with Crippen molar-refractivity contribution in [2.45, 2.75) is 32.4 Å². The van der Waals surface area contributed by atoms with Gasteiger partial charge >= 0.3 is 0 Å². The van der Waals surface area contributed by atoms with Gasteiger partial charge in [-0.25, -0.2) is 8.42 Å². The molecule has 208 valence electrons. The maximum Gasteiger partial charge on any atom is 0.244 e.